The van der Waals surface area contributed by atoms with E-state index in [4.69, 9.17) is 19.9 Å². The van der Waals surface area contributed by atoms with Gasteiger partial charge in [-0.3, -0.25) is 19.2 Å². The molecule has 13 nitrogen and oxygen atoms in total. The molecule has 0 unspecified atom stereocenters. The number of allylic oxidation sites excluding steroid dienone is 4. The van der Waals surface area contributed by atoms with Crippen molar-refractivity contribution in [2.45, 2.75) is 84.7 Å². The van der Waals surface area contributed by atoms with Gasteiger partial charge >= 0.3 is 6.09 Å². The molecule has 2 bridgehead atoms. The zero-order valence-corrected chi connectivity index (χ0v) is 31.0. The van der Waals surface area contributed by atoms with Gasteiger partial charge in [-0.1, -0.05) is 55.8 Å². The number of ether oxygens (including phenoxy) is 3. The van der Waals surface area contributed by atoms with Crippen LogP contribution in [-0.4, -0.2) is 79.8 Å². The summed E-state index contributed by atoms with van der Waals surface area (Å²) in [5, 5.41) is 19.9. The van der Waals surface area contributed by atoms with Crippen molar-refractivity contribution in [1.29, 1.82) is 0 Å². The highest BCUT2D eigenvalue weighted by atomic mass is 16.6. The number of carbonyl (C=O) groups excluding carboxylic acids is 5. The highest BCUT2D eigenvalue weighted by molar-refractivity contribution is 6.23. The molecule has 1 aromatic rings. The number of methoxy groups -OCH3 is 2. The average molecular weight is 721 g/mol. The van der Waals surface area contributed by atoms with E-state index in [1.54, 1.807) is 32.1 Å². The number of hydrogen-bond acceptors (Lipinski definition) is 10. The number of ketones is 2. The van der Waals surface area contributed by atoms with Crippen LogP contribution in [0.15, 0.2) is 82.8 Å². The van der Waals surface area contributed by atoms with Crippen molar-refractivity contribution < 1.29 is 43.3 Å². The summed E-state index contributed by atoms with van der Waals surface area (Å²) in [7, 11) is 2.90. The number of hydrogen-bond donors (Lipinski definition) is 5. The van der Waals surface area contributed by atoms with E-state index >= 15 is 0 Å². The van der Waals surface area contributed by atoms with Gasteiger partial charge in [0.1, 0.15) is 6.10 Å². The topological polar surface area (TPSA) is 195 Å². The fraction of sp³-hybridized carbons (Fsp3) is 0.462. The molecule has 1 aliphatic heterocycles. The van der Waals surface area contributed by atoms with Crippen LogP contribution in [0.5, 0.6) is 0 Å². The van der Waals surface area contributed by atoms with Crippen molar-refractivity contribution in [3.63, 3.8) is 0 Å². The number of Topliss-reactive ketones (excluding diaryl/α,β-unsaturated/α-hetero) is 1. The number of benzene rings is 1. The summed E-state index contributed by atoms with van der Waals surface area (Å²) >= 11 is 0. The lowest BCUT2D eigenvalue weighted by atomic mass is 9.85. The monoisotopic (exact) mass is 720 g/mol. The second kappa shape index (κ2) is 19.7. The Bertz CT molecular complexity index is 1640. The van der Waals surface area contributed by atoms with E-state index in [2.05, 4.69) is 16.0 Å². The Morgan fingerprint density at radius 3 is 2.37 bits per heavy atom. The van der Waals surface area contributed by atoms with E-state index in [9.17, 15) is 29.1 Å². The predicted molar refractivity (Wildman–Crippen MR) is 197 cm³/mol. The molecule has 0 radical (unpaired) electrons. The van der Waals surface area contributed by atoms with Crippen LogP contribution in [0.25, 0.3) is 0 Å². The summed E-state index contributed by atoms with van der Waals surface area (Å²) in [4.78, 5) is 64.9. The van der Waals surface area contributed by atoms with Crippen molar-refractivity contribution in [2.24, 2.45) is 17.6 Å². The smallest absolute Gasteiger partial charge is 0.405 e. The van der Waals surface area contributed by atoms with Crippen LogP contribution in [-0.2, 0) is 33.4 Å². The lowest BCUT2D eigenvalue weighted by molar-refractivity contribution is -0.120. The Morgan fingerprint density at radius 2 is 1.73 bits per heavy atom. The van der Waals surface area contributed by atoms with Crippen LogP contribution >= 0.6 is 0 Å². The van der Waals surface area contributed by atoms with E-state index in [0.29, 0.717) is 24.1 Å². The number of aliphatic hydroxyl groups is 1. The number of anilines is 1. The SMILES string of the molecule is CO[C@H]1/C=C\C=C(/C)C(=O)NC2=CC(=O)C(NCCCC(=O)Nc3ccc(C)cc3)=C(C[C@@H](C)C[C@H](OC)[C@H](O)[C@@H](C)/C=C(\C)[C@@H]1OC(N)=O)C2=O. The fourth-order valence-corrected chi connectivity index (χ4v) is 6.10. The van der Waals surface area contributed by atoms with Gasteiger partial charge in [0.05, 0.1) is 23.6 Å². The molecule has 0 fully saturated rings. The first-order valence-electron chi connectivity index (χ1n) is 17.3. The second-order valence-corrected chi connectivity index (χ2v) is 13.4. The number of nitrogens with one attached hydrogen (secondary N) is 3. The summed E-state index contributed by atoms with van der Waals surface area (Å²) < 4.78 is 16.7. The van der Waals surface area contributed by atoms with Gasteiger partial charge in [0.25, 0.3) is 5.91 Å². The number of carbonyl (C=O) groups is 5. The first kappa shape index (κ1) is 41.6. The summed E-state index contributed by atoms with van der Waals surface area (Å²) in [6.45, 7) is 9.13. The van der Waals surface area contributed by atoms with Crippen molar-refractivity contribution in [1.82, 2.24) is 10.6 Å². The van der Waals surface area contributed by atoms with E-state index in [1.165, 1.54) is 27.2 Å². The van der Waals surface area contributed by atoms with Crippen LogP contribution < -0.4 is 21.7 Å². The van der Waals surface area contributed by atoms with Crippen molar-refractivity contribution in [2.75, 3.05) is 26.1 Å². The van der Waals surface area contributed by atoms with Crippen molar-refractivity contribution in [3.8, 4) is 0 Å². The van der Waals surface area contributed by atoms with Crippen molar-refractivity contribution >= 4 is 35.2 Å². The standard InChI is InChI=1S/C39H52N4O9/c1-22-13-15-27(16-14-22)42-33(45)12-9-17-41-34-28-18-23(2)19-32(51-7)35(46)25(4)20-26(5)37(52-39(40)49)31(50-6)11-8-10-24(3)38(48)43-29(36(28)47)21-30(34)44/h8,10-11,13-16,20-21,23,25,31-32,35,37,41,46H,9,12,17-19H2,1-7H3,(H2,40,49)(H,42,45)(H,43,48)/b11-8-,24-10+,26-20+/t23-,25+,31+,32+,35-,37+/m1/s1. The molecule has 1 heterocycles. The summed E-state index contributed by atoms with van der Waals surface area (Å²) in [5.41, 5.74) is 8.03. The number of aliphatic hydroxyl groups excluding tert-OH is 1. The molecule has 1 aliphatic carbocycles. The number of primary amides is 1. The largest absolute Gasteiger partial charge is 0.439 e. The van der Waals surface area contributed by atoms with Gasteiger partial charge in [0.15, 0.2) is 6.10 Å². The van der Waals surface area contributed by atoms with Crippen LogP contribution in [0.4, 0.5) is 10.5 Å². The highest BCUT2D eigenvalue weighted by Crippen LogP contribution is 2.29. The van der Waals surface area contributed by atoms with Crippen LogP contribution in [0, 0.1) is 18.8 Å². The number of rotatable bonds is 9. The molecule has 282 valence electrons. The van der Waals surface area contributed by atoms with E-state index < -0.39 is 53.9 Å². The van der Waals surface area contributed by atoms with Crippen LogP contribution in [0.3, 0.4) is 0 Å². The lowest BCUT2D eigenvalue weighted by Gasteiger charge is -2.30. The molecule has 2 aliphatic rings. The van der Waals surface area contributed by atoms with E-state index in [0.717, 1.165) is 11.6 Å². The zero-order chi connectivity index (χ0) is 38.5. The minimum atomic E-state index is -1.01. The maximum absolute atomic E-state index is 13.9. The molecule has 3 rings (SSSR count). The van der Waals surface area contributed by atoms with Gasteiger partial charge in [-0.25, -0.2) is 4.79 Å². The first-order valence-corrected chi connectivity index (χ1v) is 17.3. The Morgan fingerprint density at radius 1 is 1.04 bits per heavy atom. The van der Waals surface area contributed by atoms with Gasteiger partial charge in [0, 0.05) is 56.0 Å². The third-order valence-electron chi connectivity index (χ3n) is 9.01. The molecule has 0 saturated carbocycles. The third kappa shape index (κ3) is 11.9. The Kier molecular flexibility index (Phi) is 15.7. The van der Waals surface area contributed by atoms with Crippen LogP contribution in [0.1, 0.15) is 58.9 Å². The number of fused-ring (bicyclic) bond motifs is 2. The average Bonchev–Trinajstić information content (AvgIpc) is 3.09. The normalized spacial score (nSPS) is 27.7. The number of aryl methyl sites for hydroxylation is 1. The van der Waals surface area contributed by atoms with Gasteiger partial charge < -0.3 is 41.0 Å². The van der Waals surface area contributed by atoms with Crippen molar-refractivity contribution in [3.05, 3.63) is 88.3 Å². The molecule has 0 saturated heterocycles. The summed E-state index contributed by atoms with van der Waals surface area (Å²) in [6.07, 6.45) is 4.02. The van der Waals surface area contributed by atoms with E-state index in [-0.39, 0.29) is 53.8 Å². The molecule has 1 aromatic carbocycles. The number of amides is 3. The maximum Gasteiger partial charge on any atom is 0.405 e. The Labute approximate surface area is 305 Å². The second-order valence-electron chi connectivity index (χ2n) is 13.4. The Hall–Kier alpha value is -4.85. The minimum absolute atomic E-state index is 0.0995. The molecule has 6 atom stereocenters. The summed E-state index contributed by atoms with van der Waals surface area (Å²) in [6, 6.07) is 7.45. The predicted octanol–water partition coefficient (Wildman–Crippen LogP) is 4.08. The lowest BCUT2D eigenvalue weighted by Crippen LogP contribution is -2.38. The van der Waals surface area contributed by atoms with Gasteiger partial charge in [-0.05, 0) is 63.7 Å². The molecule has 3 amide bonds. The maximum atomic E-state index is 13.9. The molecular weight excluding hydrogens is 668 g/mol. The quantitative estimate of drug-likeness (QED) is 0.141. The molecular formula is C39H52N4O9. The Balaban J connectivity index is 1.92. The van der Waals surface area contributed by atoms with Gasteiger partial charge in [-0.2, -0.15) is 0 Å². The highest BCUT2D eigenvalue weighted by Gasteiger charge is 2.33. The molecule has 0 spiro atoms. The third-order valence-corrected chi connectivity index (χ3v) is 9.01. The van der Waals surface area contributed by atoms with Gasteiger partial charge in [0.2, 0.25) is 17.5 Å². The molecule has 13 heteroatoms. The molecule has 6 N–H and O–H groups in total. The molecule has 52 heavy (non-hydrogen) atoms. The minimum Gasteiger partial charge on any atom is -0.439 e. The number of nitrogens with two attached hydrogens (primary N) is 1. The zero-order valence-electron chi connectivity index (χ0n) is 31.0. The summed E-state index contributed by atoms with van der Waals surface area (Å²) in [5.74, 6) is -2.55. The fourth-order valence-electron chi connectivity index (χ4n) is 6.10. The van der Waals surface area contributed by atoms with E-state index in [1.807, 2.05) is 38.1 Å². The van der Waals surface area contributed by atoms with Gasteiger partial charge in [-0.15, -0.1) is 0 Å². The first-order chi connectivity index (χ1) is 24.6. The van der Waals surface area contributed by atoms with Crippen LogP contribution in [0.2, 0.25) is 0 Å². The molecule has 0 aromatic heterocycles.